The lowest BCUT2D eigenvalue weighted by Crippen LogP contribution is -2.39. The van der Waals surface area contributed by atoms with Crippen LogP contribution in [0.15, 0.2) is 42.1 Å². The number of aliphatic hydroxyl groups is 1. The average Bonchev–Trinajstić information content (AvgIpc) is 2.41. The monoisotopic (exact) mass is 247 g/mol. The van der Waals surface area contributed by atoms with Crippen LogP contribution in [0.3, 0.4) is 0 Å². The second-order valence-electron chi connectivity index (χ2n) is 5.01. The molecule has 0 saturated heterocycles. The van der Waals surface area contributed by atoms with E-state index >= 15 is 0 Å². The van der Waals surface area contributed by atoms with Crippen molar-refractivity contribution in [3.63, 3.8) is 0 Å². The van der Waals surface area contributed by atoms with Gasteiger partial charge in [-0.1, -0.05) is 55.7 Å². The molecule has 0 amide bonds. The van der Waals surface area contributed by atoms with Crippen molar-refractivity contribution in [2.45, 2.75) is 44.1 Å². The first-order chi connectivity index (χ1) is 8.74. The summed E-state index contributed by atoms with van der Waals surface area (Å²) in [6.07, 6.45) is 7.25. The Morgan fingerprint density at radius 1 is 1.17 bits per heavy atom. The predicted molar refractivity (Wildman–Crippen MR) is 71.2 cm³/mol. The molecule has 0 radical (unpaired) electrons. The largest absolute Gasteiger partial charge is 0.384 e. The number of hydrogen-bond donors (Lipinski definition) is 3. The Bertz CT molecular complexity index is 394. The van der Waals surface area contributed by atoms with Crippen molar-refractivity contribution < 1.29 is 10.3 Å². The first-order valence-electron chi connectivity index (χ1n) is 6.62. The highest BCUT2D eigenvalue weighted by Crippen LogP contribution is 2.32. The molecule has 1 aliphatic carbocycles. The molecule has 3 nitrogen and oxygen atoms in total. The molecule has 3 heteroatoms. The van der Waals surface area contributed by atoms with Gasteiger partial charge in [0.25, 0.3) is 0 Å². The molecule has 18 heavy (non-hydrogen) atoms. The van der Waals surface area contributed by atoms with Gasteiger partial charge in [0.05, 0.1) is 5.70 Å². The van der Waals surface area contributed by atoms with E-state index < -0.39 is 5.60 Å². The van der Waals surface area contributed by atoms with E-state index in [1.807, 2.05) is 36.4 Å². The van der Waals surface area contributed by atoms with Gasteiger partial charge in [0, 0.05) is 0 Å². The van der Waals surface area contributed by atoms with Crippen LogP contribution in [0.2, 0.25) is 0 Å². The molecule has 0 bridgehead atoms. The van der Waals surface area contributed by atoms with E-state index in [4.69, 9.17) is 0 Å². The average molecular weight is 247 g/mol. The Morgan fingerprint density at radius 2 is 1.83 bits per heavy atom. The number of hydroxylamine groups is 1. The topological polar surface area (TPSA) is 52.5 Å². The summed E-state index contributed by atoms with van der Waals surface area (Å²) in [6, 6.07) is 10.0. The smallest absolute Gasteiger partial charge is 0.106 e. The van der Waals surface area contributed by atoms with Gasteiger partial charge in [-0.3, -0.25) is 10.7 Å². The Kier molecular flexibility index (Phi) is 4.39. The lowest BCUT2D eigenvalue weighted by atomic mass is 9.82. The maximum Gasteiger partial charge on any atom is 0.106 e. The van der Waals surface area contributed by atoms with Crippen molar-refractivity contribution in [3.8, 4) is 0 Å². The Balaban J connectivity index is 2.08. The normalized spacial score (nSPS) is 19.6. The predicted octanol–water partition coefficient (Wildman–Crippen LogP) is 2.79. The van der Waals surface area contributed by atoms with Gasteiger partial charge in [-0.25, -0.2) is 0 Å². The molecule has 0 aromatic heterocycles. The maximum absolute atomic E-state index is 10.5. The highest BCUT2D eigenvalue weighted by atomic mass is 16.5. The van der Waals surface area contributed by atoms with Crippen LogP contribution in [0.25, 0.3) is 0 Å². The number of nitrogens with one attached hydrogen (secondary N) is 1. The summed E-state index contributed by atoms with van der Waals surface area (Å²) < 4.78 is 0. The fourth-order valence-electron chi connectivity index (χ4n) is 2.58. The molecular formula is C15H21NO2. The summed E-state index contributed by atoms with van der Waals surface area (Å²) in [5.74, 6) is 0. The highest BCUT2D eigenvalue weighted by Gasteiger charge is 2.33. The number of hydrogen-bond acceptors (Lipinski definition) is 3. The van der Waals surface area contributed by atoms with Gasteiger partial charge >= 0.3 is 0 Å². The summed E-state index contributed by atoms with van der Waals surface area (Å²) in [7, 11) is 0. The van der Waals surface area contributed by atoms with Crippen molar-refractivity contribution in [2.24, 2.45) is 0 Å². The Labute approximate surface area is 108 Å². The highest BCUT2D eigenvalue weighted by molar-refractivity contribution is 5.22. The van der Waals surface area contributed by atoms with Crippen molar-refractivity contribution in [3.05, 3.63) is 47.7 Å². The molecule has 1 saturated carbocycles. The van der Waals surface area contributed by atoms with Crippen LogP contribution < -0.4 is 5.48 Å². The molecule has 0 atom stereocenters. The number of rotatable bonds is 4. The zero-order valence-corrected chi connectivity index (χ0v) is 10.6. The molecule has 0 unspecified atom stereocenters. The van der Waals surface area contributed by atoms with E-state index in [9.17, 15) is 10.3 Å². The SMILES string of the molecule is ONC(=CCc1ccccc1)C1(O)CCCCC1. The van der Waals surface area contributed by atoms with Crippen LogP contribution >= 0.6 is 0 Å². The van der Waals surface area contributed by atoms with Gasteiger partial charge in [-0.15, -0.1) is 0 Å². The minimum absolute atomic E-state index is 0.547. The minimum atomic E-state index is -0.873. The fourth-order valence-corrected chi connectivity index (χ4v) is 2.58. The van der Waals surface area contributed by atoms with E-state index in [1.54, 1.807) is 0 Å². The molecule has 3 N–H and O–H groups in total. The molecule has 0 spiro atoms. The molecule has 0 heterocycles. The van der Waals surface area contributed by atoms with E-state index in [2.05, 4.69) is 5.48 Å². The van der Waals surface area contributed by atoms with Gasteiger partial charge in [0.2, 0.25) is 0 Å². The molecule has 98 valence electrons. The maximum atomic E-state index is 10.5. The van der Waals surface area contributed by atoms with Crippen molar-refractivity contribution >= 4 is 0 Å². The Hall–Kier alpha value is -1.32. The zero-order chi connectivity index (χ0) is 12.8. The molecule has 1 aliphatic rings. The number of allylic oxidation sites excluding steroid dienone is 1. The molecule has 1 aromatic rings. The first-order valence-corrected chi connectivity index (χ1v) is 6.62. The van der Waals surface area contributed by atoms with E-state index in [-0.39, 0.29) is 0 Å². The lowest BCUT2D eigenvalue weighted by Gasteiger charge is -2.33. The lowest BCUT2D eigenvalue weighted by molar-refractivity contribution is 0.0112. The summed E-state index contributed by atoms with van der Waals surface area (Å²) in [5.41, 5.74) is 3.04. The minimum Gasteiger partial charge on any atom is -0.384 e. The zero-order valence-electron chi connectivity index (χ0n) is 10.6. The first kappa shape index (κ1) is 13.1. The third-order valence-corrected chi connectivity index (χ3v) is 3.69. The quantitative estimate of drug-likeness (QED) is 0.717. The summed E-state index contributed by atoms with van der Waals surface area (Å²) in [5, 5.41) is 19.8. The molecular weight excluding hydrogens is 226 g/mol. The van der Waals surface area contributed by atoms with Gasteiger partial charge < -0.3 is 5.11 Å². The fraction of sp³-hybridized carbons (Fsp3) is 0.467. The molecule has 0 aliphatic heterocycles. The third kappa shape index (κ3) is 3.12. The van der Waals surface area contributed by atoms with Gasteiger partial charge in [0.15, 0.2) is 0 Å². The Morgan fingerprint density at radius 3 is 2.44 bits per heavy atom. The van der Waals surface area contributed by atoms with Crippen LogP contribution in [0.1, 0.15) is 37.7 Å². The summed E-state index contributed by atoms with van der Waals surface area (Å²) in [6.45, 7) is 0. The van der Waals surface area contributed by atoms with Crippen LogP contribution in [0.4, 0.5) is 0 Å². The molecule has 1 aromatic carbocycles. The second-order valence-corrected chi connectivity index (χ2v) is 5.01. The standard InChI is InChI=1S/C15H21NO2/c17-15(11-5-2-6-12-15)14(16-18)10-9-13-7-3-1-4-8-13/h1,3-4,7-8,10,16-18H,2,5-6,9,11-12H2. The summed E-state index contributed by atoms with van der Waals surface area (Å²) in [4.78, 5) is 0. The van der Waals surface area contributed by atoms with Gasteiger partial charge in [-0.05, 0) is 24.8 Å². The van der Waals surface area contributed by atoms with Crippen LogP contribution in [-0.4, -0.2) is 15.9 Å². The summed E-state index contributed by atoms with van der Waals surface area (Å²) >= 11 is 0. The van der Waals surface area contributed by atoms with Gasteiger partial charge in [0.1, 0.15) is 5.60 Å². The second kappa shape index (κ2) is 6.03. The van der Waals surface area contributed by atoms with Crippen LogP contribution in [-0.2, 0) is 6.42 Å². The van der Waals surface area contributed by atoms with Crippen molar-refractivity contribution in [2.75, 3.05) is 0 Å². The van der Waals surface area contributed by atoms with E-state index in [0.29, 0.717) is 12.1 Å². The van der Waals surface area contributed by atoms with Crippen molar-refractivity contribution in [1.29, 1.82) is 0 Å². The van der Waals surface area contributed by atoms with Crippen LogP contribution in [0.5, 0.6) is 0 Å². The van der Waals surface area contributed by atoms with Crippen molar-refractivity contribution in [1.82, 2.24) is 5.48 Å². The van der Waals surface area contributed by atoms with E-state index in [0.717, 1.165) is 25.7 Å². The molecule has 1 fully saturated rings. The van der Waals surface area contributed by atoms with Crippen LogP contribution in [0, 0.1) is 0 Å². The van der Waals surface area contributed by atoms with Gasteiger partial charge in [-0.2, -0.15) is 0 Å². The third-order valence-electron chi connectivity index (χ3n) is 3.69. The molecule has 2 rings (SSSR count). The number of benzene rings is 1. The van der Waals surface area contributed by atoms with E-state index in [1.165, 1.54) is 12.0 Å².